The molecule has 3 aromatic rings. The van der Waals surface area contributed by atoms with Crippen LogP contribution >= 0.6 is 11.3 Å². The van der Waals surface area contributed by atoms with E-state index in [9.17, 15) is 4.79 Å². The molecule has 0 aliphatic carbocycles. The number of hydrogen-bond acceptors (Lipinski definition) is 6. The van der Waals surface area contributed by atoms with E-state index in [1.807, 2.05) is 44.4 Å². The van der Waals surface area contributed by atoms with Gasteiger partial charge in [0.05, 0.1) is 31.0 Å². The normalized spacial score (nSPS) is 10.6. The number of amides is 1. The smallest absolute Gasteiger partial charge is 0.230 e. The van der Waals surface area contributed by atoms with Gasteiger partial charge in [-0.15, -0.1) is 11.3 Å². The van der Waals surface area contributed by atoms with Crippen molar-refractivity contribution in [3.8, 4) is 22.3 Å². The third-order valence-electron chi connectivity index (χ3n) is 3.68. The summed E-state index contributed by atoms with van der Waals surface area (Å²) in [5, 5.41) is 5.52. The molecule has 1 N–H and O–H groups in total. The Kier molecular flexibility index (Phi) is 6.13. The molecule has 1 amide bonds. The van der Waals surface area contributed by atoms with Gasteiger partial charge in [-0.2, -0.15) is 0 Å². The zero-order valence-electron chi connectivity index (χ0n) is 15.6. The van der Waals surface area contributed by atoms with E-state index < -0.39 is 0 Å². The Labute approximate surface area is 162 Å². The molecule has 6 nitrogen and oxygen atoms in total. The van der Waals surface area contributed by atoms with Gasteiger partial charge < -0.3 is 19.2 Å². The molecule has 2 aromatic heterocycles. The summed E-state index contributed by atoms with van der Waals surface area (Å²) in [4.78, 5) is 17.0. The second-order valence-electron chi connectivity index (χ2n) is 5.80. The molecule has 0 spiro atoms. The lowest BCUT2D eigenvalue weighted by molar-refractivity contribution is -0.115. The van der Waals surface area contributed by atoms with Gasteiger partial charge in [-0.3, -0.25) is 4.79 Å². The van der Waals surface area contributed by atoms with E-state index in [0.717, 1.165) is 10.8 Å². The number of aryl methyl sites for hydroxylation is 1. The van der Waals surface area contributed by atoms with Gasteiger partial charge in [-0.05, 0) is 45.0 Å². The van der Waals surface area contributed by atoms with Gasteiger partial charge in [-0.1, -0.05) is 0 Å². The molecule has 142 valence electrons. The maximum atomic E-state index is 12.5. The fraction of sp³-hybridized carbons (Fsp3) is 0.300. The summed E-state index contributed by atoms with van der Waals surface area (Å²) in [6, 6.07) is 9.16. The molecule has 0 unspecified atom stereocenters. The van der Waals surface area contributed by atoms with E-state index in [-0.39, 0.29) is 12.3 Å². The summed E-state index contributed by atoms with van der Waals surface area (Å²) < 4.78 is 16.7. The van der Waals surface area contributed by atoms with Gasteiger partial charge in [0.25, 0.3) is 0 Å². The molecular formula is C20H22N2O4S. The summed E-state index contributed by atoms with van der Waals surface area (Å²) in [5.74, 6) is 2.67. The Morgan fingerprint density at radius 2 is 2.00 bits per heavy atom. The van der Waals surface area contributed by atoms with Gasteiger partial charge >= 0.3 is 0 Å². The first-order chi connectivity index (χ1) is 13.1. The molecule has 0 saturated heterocycles. The number of hydrogen-bond donors (Lipinski definition) is 1. The van der Waals surface area contributed by atoms with E-state index in [0.29, 0.717) is 41.9 Å². The number of carbonyl (C=O) groups is 1. The highest BCUT2D eigenvalue weighted by Gasteiger charge is 2.14. The van der Waals surface area contributed by atoms with Crippen LogP contribution in [0.3, 0.4) is 0 Å². The summed E-state index contributed by atoms with van der Waals surface area (Å²) in [6.45, 7) is 6.76. The molecule has 0 aliphatic heterocycles. The zero-order valence-corrected chi connectivity index (χ0v) is 16.4. The van der Waals surface area contributed by atoms with Gasteiger partial charge in [0.15, 0.2) is 10.8 Å². The highest BCUT2D eigenvalue weighted by Crippen LogP contribution is 2.30. The largest absolute Gasteiger partial charge is 0.494 e. The molecule has 0 fully saturated rings. The Morgan fingerprint density at radius 3 is 2.70 bits per heavy atom. The highest BCUT2D eigenvalue weighted by atomic mass is 32.1. The first-order valence-electron chi connectivity index (χ1n) is 8.79. The highest BCUT2D eigenvalue weighted by molar-refractivity contribution is 7.13. The number of ether oxygens (including phenoxy) is 2. The first kappa shape index (κ1) is 19.0. The Morgan fingerprint density at radius 1 is 1.19 bits per heavy atom. The molecular weight excluding hydrogens is 364 g/mol. The number of aromatic nitrogens is 1. The van der Waals surface area contributed by atoms with Crippen LogP contribution in [-0.4, -0.2) is 24.1 Å². The topological polar surface area (TPSA) is 73.6 Å². The average molecular weight is 386 g/mol. The standard InChI is InChI=1S/C20H22N2O4S/c1-4-24-15-7-9-17(25-5-2)16(11-15)22-19(23)10-14-12-27-20(21-14)18-8-6-13(3)26-18/h6-9,11-12H,4-5,10H2,1-3H3,(H,22,23). The minimum atomic E-state index is -0.169. The van der Waals surface area contributed by atoms with Gasteiger partial charge in [0.2, 0.25) is 5.91 Å². The summed E-state index contributed by atoms with van der Waals surface area (Å²) in [7, 11) is 0. The van der Waals surface area contributed by atoms with Crippen molar-refractivity contribution in [2.45, 2.75) is 27.2 Å². The number of nitrogens with one attached hydrogen (secondary N) is 1. The van der Waals surface area contributed by atoms with Crippen molar-refractivity contribution in [1.82, 2.24) is 4.98 Å². The molecule has 27 heavy (non-hydrogen) atoms. The number of furan rings is 1. The monoisotopic (exact) mass is 386 g/mol. The van der Waals surface area contributed by atoms with E-state index in [2.05, 4.69) is 10.3 Å². The number of thiazole rings is 1. The van der Waals surface area contributed by atoms with Crippen LogP contribution in [-0.2, 0) is 11.2 Å². The minimum absolute atomic E-state index is 0.167. The zero-order chi connectivity index (χ0) is 19.2. The minimum Gasteiger partial charge on any atom is -0.494 e. The number of nitrogens with zero attached hydrogens (tertiary/aromatic N) is 1. The third kappa shape index (κ3) is 4.89. The number of benzene rings is 1. The molecule has 0 aliphatic rings. The fourth-order valence-corrected chi connectivity index (χ4v) is 3.33. The van der Waals surface area contributed by atoms with Crippen LogP contribution < -0.4 is 14.8 Å². The van der Waals surface area contributed by atoms with Crippen LogP contribution in [0.2, 0.25) is 0 Å². The van der Waals surface area contributed by atoms with Gasteiger partial charge in [0, 0.05) is 11.4 Å². The van der Waals surface area contributed by atoms with Crippen LogP contribution in [0.1, 0.15) is 25.3 Å². The quantitative estimate of drug-likeness (QED) is 0.608. The lowest BCUT2D eigenvalue weighted by Gasteiger charge is -2.13. The SMILES string of the molecule is CCOc1ccc(OCC)c(NC(=O)Cc2csc(-c3ccc(C)o3)n2)c1. The second kappa shape index (κ2) is 8.73. The van der Waals surface area contributed by atoms with Crippen LogP contribution in [0.5, 0.6) is 11.5 Å². The van der Waals surface area contributed by atoms with Gasteiger partial charge in [-0.25, -0.2) is 4.98 Å². The Balaban J connectivity index is 1.70. The number of anilines is 1. The molecule has 1 aromatic carbocycles. The van der Waals surface area contributed by atoms with Crippen molar-refractivity contribution in [3.05, 3.63) is 47.2 Å². The number of carbonyl (C=O) groups excluding carboxylic acids is 1. The lowest BCUT2D eigenvalue weighted by atomic mass is 10.2. The van der Waals surface area contributed by atoms with E-state index in [4.69, 9.17) is 13.9 Å². The van der Waals surface area contributed by atoms with Crippen molar-refractivity contribution in [3.63, 3.8) is 0 Å². The maximum absolute atomic E-state index is 12.5. The predicted molar refractivity (Wildman–Crippen MR) is 106 cm³/mol. The van der Waals surface area contributed by atoms with Crippen molar-refractivity contribution in [2.75, 3.05) is 18.5 Å². The fourth-order valence-electron chi connectivity index (χ4n) is 2.55. The average Bonchev–Trinajstić information content (AvgIpc) is 3.26. The number of rotatable bonds is 8. The molecule has 0 atom stereocenters. The lowest BCUT2D eigenvalue weighted by Crippen LogP contribution is -2.15. The molecule has 0 bridgehead atoms. The maximum Gasteiger partial charge on any atom is 0.230 e. The summed E-state index contributed by atoms with van der Waals surface area (Å²) >= 11 is 1.46. The van der Waals surface area contributed by atoms with Gasteiger partial charge in [0.1, 0.15) is 17.3 Å². The Bertz CT molecular complexity index is 916. The van der Waals surface area contributed by atoms with Crippen LogP contribution in [0.15, 0.2) is 40.1 Å². The third-order valence-corrected chi connectivity index (χ3v) is 4.59. The molecule has 7 heteroatoms. The molecule has 2 heterocycles. The van der Waals surface area contributed by atoms with Crippen LogP contribution in [0.25, 0.3) is 10.8 Å². The van der Waals surface area contributed by atoms with E-state index in [1.165, 1.54) is 11.3 Å². The van der Waals surface area contributed by atoms with Crippen LogP contribution in [0.4, 0.5) is 5.69 Å². The van der Waals surface area contributed by atoms with Crippen molar-refractivity contribution >= 4 is 22.9 Å². The van der Waals surface area contributed by atoms with Crippen molar-refractivity contribution in [1.29, 1.82) is 0 Å². The van der Waals surface area contributed by atoms with Crippen LogP contribution in [0, 0.1) is 6.92 Å². The Hall–Kier alpha value is -2.80. The molecule has 3 rings (SSSR count). The van der Waals surface area contributed by atoms with E-state index >= 15 is 0 Å². The van der Waals surface area contributed by atoms with Crippen molar-refractivity contribution in [2.24, 2.45) is 0 Å². The summed E-state index contributed by atoms with van der Waals surface area (Å²) in [6.07, 6.45) is 0.167. The first-order valence-corrected chi connectivity index (χ1v) is 9.67. The predicted octanol–water partition coefficient (Wildman–Crippen LogP) is 4.69. The van der Waals surface area contributed by atoms with Crippen molar-refractivity contribution < 1.29 is 18.7 Å². The molecule has 0 radical (unpaired) electrons. The second-order valence-corrected chi connectivity index (χ2v) is 6.66. The summed E-state index contributed by atoms with van der Waals surface area (Å²) in [5.41, 5.74) is 1.28. The van der Waals surface area contributed by atoms with E-state index in [1.54, 1.807) is 12.1 Å². The molecule has 0 saturated carbocycles.